The van der Waals surface area contributed by atoms with Crippen LogP contribution in [0.3, 0.4) is 0 Å². The normalized spacial score (nSPS) is 58.7. The summed E-state index contributed by atoms with van der Waals surface area (Å²) in [4.78, 5) is 12.5. The highest BCUT2D eigenvalue weighted by Gasteiger charge is 2.76. The summed E-state index contributed by atoms with van der Waals surface area (Å²) >= 11 is 0. The third-order valence-electron chi connectivity index (χ3n) is 7.98. The molecule has 4 nitrogen and oxygen atoms in total. The summed E-state index contributed by atoms with van der Waals surface area (Å²) in [5.41, 5.74) is -2.20. The van der Waals surface area contributed by atoms with Crippen LogP contribution in [-0.4, -0.2) is 33.0 Å². The fraction of sp³-hybridized carbons (Fsp3) is 0.947. The molecule has 0 aliphatic heterocycles. The molecule has 7 saturated carbocycles. The first kappa shape index (κ1) is 14.7. The zero-order chi connectivity index (χ0) is 16.4. The Hall–Kier alpha value is -0.610. The zero-order valence-corrected chi connectivity index (χ0v) is 14.3. The first-order valence-corrected chi connectivity index (χ1v) is 9.24. The molecule has 7 aliphatic rings. The molecule has 7 aliphatic carbocycles. The van der Waals surface area contributed by atoms with Gasteiger partial charge in [-0.1, -0.05) is 0 Å². The third-order valence-corrected chi connectivity index (χ3v) is 7.98. The lowest BCUT2D eigenvalue weighted by atomic mass is 9.32. The van der Waals surface area contributed by atoms with E-state index in [1.165, 1.54) is 0 Å². The van der Waals surface area contributed by atoms with Gasteiger partial charge in [0.2, 0.25) is 0 Å². The molecule has 0 amide bonds. The van der Waals surface area contributed by atoms with E-state index in [0.29, 0.717) is 24.2 Å². The SMILES string of the molecule is CC(C)(C)C(=O)OC12CC3C4CC5(O)CC3C(O)(C1)C(C5)C4C2. The first-order chi connectivity index (χ1) is 10.6. The largest absolute Gasteiger partial charge is 0.459 e. The number of rotatable bonds is 1. The second kappa shape index (κ2) is 3.80. The average Bonchev–Trinajstić information content (AvgIpc) is 2.42. The molecule has 23 heavy (non-hydrogen) atoms. The molecular weight excluding hydrogens is 292 g/mol. The van der Waals surface area contributed by atoms with Crippen LogP contribution in [0.2, 0.25) is 0 Å². The Morgan fingerprint density at radius 1 is 0.957 bits per heavy atom. The average molecular weight is 320 g/mol. The summed E-state index contributed by atoms with van der Waals surface area (Å²) in [6.45, 7) is 5.68. The summed E-state index contributed by atoms with van der Waals surface area (Å²) in [5.74, 6) is 1.66. The van der Waals surface area contributed by atoms with Crippen LogP contribution in [0, 0.1) is 35.0 Å². The lowest BCUT2D eigenvalue weighted by Crippen LogP contribution is -2.78. The van der Waals surface area contributed by atoms with E-state index in [4.69, 9.17) is 4.74 Å². The third kappa shape index (κ3) is 1.67. The standard InChI is InChI=1S/C19H28O4/c1-16(2,3)15(20)23-18-5-11-10-4-17(21)7-13(11)19(22,9-18)14(8-17)12(10)6-18/h10-14,21-22H,4-9H2,1-3H3. The number of aliphatic hydroxyl groups is 2. The Morgan fingerprint density at radius 3 is 2.04 bits per heavy atom. The van der Waals surface area contributed by atoms with Crippen molar-refractivity contribution in [3.63, 3.8) is 0 Å². The minimum Gasteiger partial charge on any atom is -0.459 e. The Morgan fingerprint density at radius 2 is 1.52 bits per heavy atom. The molecule has 0 aromatic heterocycles. The van der Waals surface area contributed by atoms with Crippen molar-refractivity contribution < 1.29 is 19.7 Å². The zero-order valence-electron chi connectivity index (χ0n) is 14.3. The van der Waals surface area contributed by atoms with Crippen LogP contribution in [0.5, 0.6) is 0 Å². The summed E-state index contributed by atoms with van der Waals surface area (Å²) in [6, 6.07) is 0. The smallest absolute Gasteiger partial charge is 0.311 e. The van der Waals surface area contributed by atoms with Crippen molar-refractivity contribution in [3.05, 3.63) is 0 Å². The van der Waals surface area contributed by atoms with Crippen LogP contribution in [0.25, 0.3) is 0 Å². The van der Waals surface area contributed by atoms with Gasteiger partial charge in [-0.2, -0.15) is 0 Å². The second-order valence-corrected chi connectivity index (χ2v) is 10.4. The maximum atomic E-state index is 12.5. The van der Waals surface area contributed by atoms with Crippen molar-refractivity contribution in [1.29, 1.82) is 0 Å². The second-order valence-electron chi connectivity index (χ2n) is 10.4. The molecule has 2 N–H and O–H groups in total. The van der Waals surface area contributed by atoms with E-state index >= 15 is 0 Å². The minimum absolute atomic E-state index is 0.140. The molecule has 7 rings (SSSR count). The number of hydrogen-bond donors (Lipinski definition) is 2. The van der Waals surface area contributed by atoms with Crippen LogP contribution in [0.1, 0.15) is 59.3 Å². The van der Waals surface area contributed by atoms with Gasteiger partial charge >= 0.3 is 5.97 Å². The van der Waals surface area contributed by atoms with Gasteiger partial charge in [-0.3, -0.25) is 4.79 Å². The topological polar surface area (TPSA) is 66.8 Å². The highest BCUT2D eigenvalue weighted by atomic mass is 16.6. The number of carbonyl (C=O) groups excluding carboxylic acids is 1. The molecule has 0 heterocycles. The van der Waals surface area contributed by atoms with Gasteiger partial charge in [0.25, 0.3) is 0 Å². The Bertz CT molecular complexity index is 565. The molecule has 4 unspecified atom stereocenters. The minimum atomic E-state index is -0.715. The maximum absolute atomic E-state index is 12.5. The molecule has 0 saturated heterocycles. The van der Waals surface area contributed by atoms with Gasteiger partial charge in [0.1, 0.15) is 5.60 Å². The molecule has 0 aromatic carbocycles. The van der Waals surface area contributed by atoms with E-state index in [2.05, 4.69) is 0 Å². The van der Waals surface area contributed by atoms with Crippen molar-refractivity contribution >= 4 is 5.97 Å². The monoisotopic (exact) mass is 320 g/mol. The van der Waals surface area contributed by atoms with Crippen molar-refractivity contribution in [2.24, 2.45) is 35.0 Å². The van der Waals surface area contributed by atoms with E-state index < -0.39 is 22.2 Å². The number of carbonyl (C=O) groups is 1. The molecule has 0 spiro atoms. The van der Waals surface area contributed by atoms with Gasteiger partial charge in [0, 0.05) is 6.42 Å². The molecule has 0 radical (unpaired) electrons. The Kier molecular flexibility index (Phi) is 2.43. The van der Waals surface area contributed by atoms with Crippen LogP contribution in [0.4, 0.5) is 0 Å². The quantitative estimate of drug-likeness (QED) is 0.727. The highest BCUT2D eigenvalue weighted by Crippen LogP contribution is 2.74. The predicted molar refractivity (Wildman–Crippen MR) is 83.3 cm³/mol. The van der Waals surface area contributed by atoms with Gasteiger partial charge in [0.05, 0.1) is 16.6 Å². The van der Waals surface area contributed by atoms with Crippen molar-refractivity contribution in [1.82, 2.24) is 0 Å². The van der Waals surface area contributed by atoms with E-state index in [1.54, 1.807) is 0 Å². The van der Waals surface area contributed by atoms with E-state index in [9.17, 15) is 15.0 Å². The summed E-state index contributed by atoms with van der Waals surface area (Å²) in [7, 11) is 0. The summed E-state index contributed by atoms with van der Waals surface area (Å²) in [5, 5.41) is 22.3. The van der Waals surface area contributed by atoms with Crippen LogP contribution in [0.15, 0.2) is 0 Å². The van der Waals surface area contributed by atoms with Gasteiger partial charge < -0.3 is 14.9 Å². The molecule has 8 bridgehead atoms. The van der Waals surface area contributed by atoms with Crippen molar-refractivity contribution in [3.8, 4) is 0 Å². The van der Waals surface area contributed by atoms with E-state index in [1.807, 2.05) is 20.8 Å². The molecular formula is C19H28O4. The van der Waals surface area contributed by atoms with Crippen molar-refractivity contribution in [2.75, 3.05) is 0 Å². The lowest BCUT2D eigenvalue weighted by Gasteiger charge is -2.76. The van der Waals surface area contributed by atoms with Gasteiger partial charge in [0.15, 0.2) is 0 Å². The predicted octanol–water partition coefficient (Wildman–Crippen LogP) is 2.27. The number of ether oxygens (including phenoxy) is 1. The molecule has 4 heteroatoms. The molecule has 7 fully saturated rings. The molecule has 0 aromatic rings. The Labute approximate surface area is 137 Å². The summed E-state index contributed by atoms with van der Waals surface area (Å²) in [6.07, 6.45) is 4.77. The van der Waals surface area contributed by atoms with Gasteiger partial charge in [-0.15, -0.1) is 0 Å². The first-order valence-electron chi connectivity index (χ1n) is 9.24. The van der Waals surface area contributed by atoms with Crippen molar-refractivity contribution in [2.45, 2.75) is 76.1 Å². The maximum Gasteiger partial charge on any atom is 0.311 e. The Balaban J connectivity index is 1.52. The van der Waals surface area contributed by atoms with Crippen LogP contribution < -0.4 is 0 Å². The summed E-state index contributed by atoms with van der Waals surface area (Å²) < 4.78 is 6.07. The molecule has 4 atom stereocenters. The van der Waals surface area contributed by atoms with Crippen LogP contribution in [-0.2, 0) is 9.53 Å². The van der Waals surface area contributed by atoms with Gasteiger partial charge in [-0.05, 0) is 82.5 Å². The van der Waals surface area contributed by atoms with Gasteiger partial charge in [-0.25, -0.2) is 0 Å². The highest BCUT2D eigenvalue weighted by molar-refractivity contribution is 5.76. The fourth-order valence-corrected chi connectivity index (χ4v) is 7.32. The van der Waals surface area contributed by atoms with E-state index in [0.717, 1.165) is 32.1 Å². The number of hydrogen-bond acceptors (Lipinski definition) is 4. The lowest BCUT2D eigenvalue weighted by molar-refractivity contribution is -0.349. The molecule has 128 valence electrons. The van der Waals surface area contributed by atoms with Crippen LogP contribution >= 0.6 is 0 Å². The number of esters is 1. The fourth-order valence-electron chi connectivity index (χ4n) is 7.32. The van der Waals surface area contributed by atoms with E-state index in [-0.39, 0.29) is 17.8 Å².